The van der Waals surface area contributed by atoms with E-state index in [1.807, 2.05) is 78.9 Å². The molecule has 5 heteroatoms. The van der Waals surface area contributed by atoms with Crippen LogP contribution in [0.2, 0.25) is 5.02 Å². The van der Waals surface area contributed by atoms with Gasteiger partial charge in [0.25, 0.3) is 5.91 Å². The van der Waals surface area contributed by atoms with Gasteiger partial charge in [0, 0.05) is 22.2 Å². The van der Waals surface area contributed by atoms with E-state index in [9.17, 15) is 4.79 Å². The van der Waals surface area contributed by atoms with Crippen LogP contribution in [0.1, 0.15) is 27.5 Å². The van der Waals surface area contributed by atoms with Crippen molar-refractivity contribution in [1.29, 1.82) is 0 Å². The number of carbonyl (C=O) groups excluding carboxylic acids is 1. The predicted octanol–water partition coefficient (Wildman–Crippen LogP) is 5.58. The van der Waals surface area contributed by atoms with Crippen LogP contribution in [0.4, 0.5) is 0 Å². The molecule has 1 amide bonds. The number of nitrogens with one attached hydrogen (secondary N) is 1. The minimum Gasteiger partial charge on any atom is -0.374 e. The first-order valence-electron chi connectivity index (χ1n) is 9.72. The molecular weight excluding hydrogens is 396 g/mol. The van der Waals surface area contributed by atoms with E-state index in [2.05, 4.69) is 10.3 Å². The van der Waals surface area contributed by atoms with Gasteiger partial charge in [-0.1, -0.05) is 60.1 Å². The Kier molecular flexibility index (Phi) is 6.38. The van der Waals surface area contributed by atoms with E-state index in [0.29, 0.717) is 23.8 Å². The van der Waals surface area contributed by atoms with E-state index >= 15 is 0 Å². The standard InChI is InChI=1S/C25H21ClN2O2/c26-22-10-4-6-18(14-22)16-30-17-24(19-7-2-1-3-8-19)28-25(29)21-11-12-23-20(15-21)9-5-13-27-23/h1-15,24H,16-17H2,(H,28,29). The van der Waals surface area contributed by atoms with E-state index in [0.717, 1.165) is 22.0 Å². The van der Waals surface area contributed by atoms with Gasteiger partial charge in [0.15, 0.2) is 0 Å². The van der Waals surface area contributed by atoms with Gasteiger partial charge in [-0.3, -0.25) is 9.78 Å². The molecule has 4 rings (SSSR count). The number of carbonyl (C=O) groups is 1. The van der Waals surface area contributed by atoms with Gasteiger partial charge in [0.2, 0.25) is 0 Å². The van der Waals surface area contributed by atoms with Crippen LogP contribution in [-0.2, 0) is 11.3 Å². The molecule has 0 spiro atoms. The summed E-state index contributed by atoms with van der Waals surface area (Å²) in [6.07, 6.45) is 1.74. The highest BCUT2D eigenvalue weighted by Gasteiger charge is 2.16. The first-order valence-corrected chi connectivity index (χ1v) is 10.1. The van der Waals surface area contributed by atoms with Crippen molar-refractivity contribution >= 4 is 28.4 Å². The number of ether oxygens (including phenoxy) is 1. The Labute approximate surface area is 180 Å². The van der Waals surface area contributed by atoms with Crippen LogP contribution in [0.15, 0.2) is 91.1 Å². The van der Waals surface area contributed by atoms with Crippen LogP contribution in [0, 0.1) is 0 Å². The molecule has 4 aromatic rings. The summed E-state index contributed by atoms with van der Waals surface area (Å²) in [7, 11) is 0. The Morgan fingerprint density at radius 3 is 2.67 bits per heavy atom. The summed E-state index contributed by atoms with van der Waals surface area (Å²) < 4.78 is 5.91. The zero-order valence-corrected chi connectivity index (χ0v) is 17.0. The molecule has 0 bridgehead atoms. The van der Waals surface area contributed by atoms with E-state index in [1.165, 1.54) is 0 Å². The van der Waals surface area contributed by atoms with Crippen molar-refractivity contribution in [1.82, 2.24) is 10.3 Å². The number of pyridine rings is 1. The number of hydrogen-bond donors (Lipinski definition) is 1. The Hall–Kier alpha value is -3.21. The molecule has 0 saturated heterocycles. The van der Waals surface area contributed by atoms with Crippen molar-refractivity contribution in [2.24, 2.45) is 0 Å². The highest BCUT2D eigenvalue weighted by atomic mass is 35.5. The summed E-state index contributed by atoms with van der Waals surface area (Å²) in [5.41, 5.74) is 3.42. The largest absolute Gasteiger partial charge is 0.374 e. The number of hydrogen-bond acceptors (Lipinski definition) is 3. The van der Waals surface area contributed by atoms with E-state index in [-0.39, 0.29) is 11.9 Å². The van der Waals surface area contributed by atoms with Crippen LogP contribution in [0.5, 0.6) is 0 Å². The van der Waals surface area contributed by atoms with Gasteiger partial charge in [-0.25, -0.2) is 0 Å². The van der Waals surface area contributed by atoms with Gasteiger partial charge in [-0.05, 0) is 47.5 Å². The third-order valence-corrected chi connectivity index (χ3v) is 5.05. The maximum atomic E-state index is 12.9. The lowest BCUT2D eigenvalue weighted by Crippen LogP contribution is -2.31. The van der Waals surface area contributed by atoms with Gasteiger partial charge < -0.3 is 10.1 Å². The molecule has 1 N–H and O–H groups in total. The van der Waals surface area contributed by atoms with Gasteiger partial charge >= 0.3 is 0 Å². The molecule has 0 radical (unpaired) electrons. The highest BCUT2D eigenvalue weighted by molar-refractivity contribution is 6.30. The predicted molar refractivity (Wildman–Crippen MR) is 120 cm³/mol. The van der Waals surface area contributed by atoms with Crippen molar-refractivity contribution in [2.75, 3.05) is 6.61 Å². The second-order valence-corrected chi connectivity index (χ2v) is 7.43. The normalized spacial score (nSPS) is 11.9. The summed E-state index contributed by atoms with van der Waals surface area (Å²) >= 11 is 6.04. The molecule has 0 aliphatic rings. The Morgan fingerprint density at radius 1 is 0.967 bits per heavy atom. The number of halogens is 1. The van der Waals surface area contributed by atoms with Crippen LogP contribution in [0.25, 0.3) is 10.9 Å². The van der Waals surface area contributed by atoms with Gasteiger partial charge in [-0.2, -0.15) is 0 Å². The Bertz CT molecular complexity index is 1150. The fraction of sp³-hybridized carbons (Fsp3) is 0.120. The monoisotopic (exact) mass is 416 g/mol. The molecular formula is C25H21ClN2O2. The fourth-order valence-electron chi connectivity index (χ4n) is 3.29. The smallest absolute Gasteiger partial charge is 0.251 e. The molecule has 30 heavy (non-hydrogen) atoms. The average molecular weight is 417 g/mol. The molecule has 1 aromatic heterocycles. The third kappa shape index (κ3) is 5.03. The molecule has 150 valence electrons. The van der Waals surface area contributed by atoms with E-state index < -0.39 is 0 Å². The van der Waals surface area contributed by atoms with Crippen molar-refractivity contribution in [2.45, 2.75) is 12.6 Å². The molecule has 4 nitrogen and oxygen atoms in total. The fourth-order valence-corrected chi connectivity index (χ4v) is 3.50. The van der Waals surface area contributed by atoms with Gasteiger partial charge in [0.05, 0.1) is 24.8 Å². The number of rotatable bonds is 7. The number of amides is 1. The first kappa shape index (κ1) is 20.1. The lowest BCUT2D eigenvalue weighted by molar-refractivity contribution is 0.0797. The van der Waals surface area contributed by atoms with Crippen LogP contribution >= 0.6 is 11.6 Å². The third-order valence-electron chi connectivity index (χ3n) is 4.81. The molecule has 0 aliphatic heterocycles. The maximum Gasteiger partial charge on any atom is 0.251 e. The summed E-state index contributed by atoms with van der Waals surface area (Å²) in [4.78, 5) is 17.2. The van der Waals surface area contributed by atoms with Gasteiger partial charge in [-0.15, -0.1) is 0 Å². The number of fused-ring (bicyclic) bond motifs is 1. The van der Waals surface area contributed by atoms with Gasteiger partial charge in [0.1, 0.15) is 0 Å². The molecule has 0 fully saturated rings. The topological polar surface area (TPSA) is 51.2 Å². The molecule has 3 aromatic carbocycles. The first-order chi connectivity index (χ1) is 14.7. The zero-order chi connectivity index (χ0) is 20.8. The number of aromatic nitrogens is 1. The SMILES string of the molecule is O=C(NC(COCc1cccc(Cl)c1)c1ccccc1)c1ccc2ncccc2c1. The summed E-state index contributed by atoms with van der Waals surface area (Å²) in [6, 6.07) is 26.4. The lowest BCUT2D eigenvalue weighted by atomic mass is 10.1. The van der Waals surface area contributed by atoms with Crippen molar-refractivity contribution in [3.05, 3.63) is 113 Å². The number of nitrogens with zero attached hydrogens (tertiary/aromatic N) is 1. The molecule has 1 atom stereocenters. The van der Waals surface area contributed by atoms with Crippen molar-refractivity contribution in [3.8, 4) is 0 Å². The lowest BCUT2D eigenvalue weighted by Gasteiger charge is -2.20. The minimum absolute atomic E-state index is 0.152. The van der Waals surface area contributed by atoms with E-state index in [4.69, 9.17) is 16.3 Å². The molecule has 1 unspecified atom stereocenters. The Balaban J connectivity index is 1.48. The van der Waals surface area contributed by atoms with Crippen LogP contribution < -0.4 is 5.32 Å². The number of benzene rings is 3. The van der Waals surface area contributed by atoms with Crippen LogP contribution in [0.3, 0.4) is 0 Å². The minimum atomic E-state index is -0.275. The molecule has 1 heterocycles. The maximum absolute atomic E-state index is 12.9. The molecule has 0 saturated carbocycles. The van der Waals surface area contributed by atoms with Crippen molar-refractivity contribution in [3.63, 3.8) is 0 Å². The second kappa shape index (κ2) is 9.53. The highest BCUT2D eigenvalue weighted by Crippen LogP contribution is 2.18. The summed E-state index contributed by atoms with van der Waals surface area (Å²) in [6.45, 7) is 0.763. The summed E-state index contributed by atoms with van der Waals surface area (Å²) in [5, 5.41) is 4.71. The van der Waals surface area contributed by atoms with Crippen LogP contribution in [-0.4, -0.2) is 17.5 Å². The quantitative estimate of drug-likeness (QED) is 0.428. The van der Waals surface area contributed by atoms with E-state index in [1.54, 1.807) is 12.3 Å². The Morgan fingerprint density at radius 2 is 1.83 bits per heavy atom. The molecule has 0 aliphatic carbocycles. The average Bonchev–Trinajstić information content (AvgIpc) is 2.78. The summed E-state index contributed by atoms with van der Waals surface area (Å²) in [5.74, 6) is -0.152. The second-order valence-electron chi connectivity index (χ2n) is 6.99. The van der Waals surface area contributed by atoms with Crippen molar-refractivity contribution < 1.29 is 9.53 Å². The zero-order valence-electron chi connectivity index (χ0n) is 16.3.